The number of halogens is 1. The highest BCUT2D eigenvalue weighted by atomic mass is 19.1. The number of amides is 1. The number of nitrogens with zero attached hydrogens (tertiary/aromatic N) is 3. The number of aliphatic hydroxyl groups is 1. The molecule has 6 nitrogen and oxygen atoms in total. The van der Waals surface area contributed by atoms with Crippen LogP contribution in [0.2, 0.25) is 0 Å². The van der Waals surface area contributed by atoms with E-state index >= 15 is 0 Å². The molecule has 3 aromatic rings. The van der Waals surface area contributed by atoms with Gasteiger partial charge < -0.3 is 10.4 Å². The number of pyridine rings is 1. The fourth-order valence-corrected chi connectivity index (χ4v) is 4.31. The molecule has 2 aromatic heterocycles. The molecular weight excluding hydrogens is 407 g/mol. The zero-order chi connectivity index (χ0) is 23.1. The molecular formula is C25H31FN4O2. The lowest BCUT2D eigenvalue weighted by atomic mass is 9.95. The number of aromatic nitrogens is 3. The van der Waals surface area contributed by atoms with Gasteiger partial charge in [0.25, 0.3) is 5.91 Å². The monoisotopic (exact) mass is 438 g/mol. The maximum absolute atomic E-state index is 14.3. The maximum Gasteiger partial charge on any atom is 0.274 e. The molecule has 1 aliphatic rings. The van der Waals surface area contributed by atoms with Gasteiger partial charge in [0.1, 0.15) is 11.4 Å². The molecule has 1 fully saturated rings. The van der Waals surface area contributed by atoms with Crippen LogP contribution in [0.1, 0.15) is 87.6 Å². The summed E-state index contributed by atoms with van der Waals surface area (Å²) in [5, 5.41) is 19.3. The molecule has 0 unspecified atom stereocenters. The van der Waals surface area contributed by atoms with E-state index in [9.17, 15) is 14.3 Å². The van der Waals surface area contributed by atoms with Gasteiger partial charge in [-0.1, -0.05) is 25.3 Å². The predicted octanol–water partition coefficient (Wildman–Crippen LogP) is 5.62. The average Bonchev–Trinajstić information content (AvgIpc) is 3.16. The highest BCUT2D eigenvalue weighted by molar-refractivity contribution is 6.04. The van der Waals surface area contributed by atoms with Crippen molar-refractivity contribution in [2.24, 2.45) is 0 Å². The number of carbonyl (C=O) groups excluding carboxylic acids is 1. The average molecular weight is 439 g/mol. The Balaban J connectivity index is 1.69. The molecule has 1 amide bonds. The Morgan fingerprint density at radius 1 is 1.16 bits per heavy atom. The van der Waals surface area contributed by atoms with E-state index in [1.165, 1.54) is 33.1 Å². The van der Waals surface area contributed by atoms with Crippen LogP contribution in [0.3, 0.4) is 0 Å². The van der Waals surface area contributed by atoms with Gasteiger partial charge in [0, 0.05) is 22.8 Å². The largest absolute Gasteiger partial charge is 0.386 e. The SMILES string of the molecule is CC(C)(O)c1cc2nn(C3CCCCC3)cc2cc1NC(=O)c1cccc(C(C)(C)F)n1. The first-order valence-corrected chi connectivity index (χ1v) is 11.3. The Kier molecular flexibility index (Phi) is 5.79. The van der Waals surface area contributed by atoms with Crippen LogP contribution in [-0.4, -0.2) is 25.8 Å². The summed E-state index contributed by atoms with van der Waals surface area (Å²) in [6.07, 6.45) is 7.92. The normalized spacial score (nSPS) is 15.8. The van der Waals surface area contributed by atoms with Crippen molar-refractivity contribution >= 4 is 22.5 Å². The van der Waals surface area contributed by atoms with E-state index < -0.39 is 17.2 Å². The summed E-state index contributed by atoms with van der Waals surface area (Å²) in [5.41, 5.74) is -0.697. The number of fused-ring (bicyclic) bond motifs is 1. The van der Waals surface area contributed by atoms with Crippen molar-refractivity contribution in [2.45, 2.75) is 77.1 Å². The highest BCUT2D eigenvalue weighted by Gasteiger charge is 2.26. The molecule has 4 rings (SSSR count). The second-order valence-electron chi connectivity index (χ2n) is 9.75. The van der Waals surface area contributed by atoms with Gasteiger partial charge in [-0.15, -0.1) is 0 Å². The zero-order valence-corrected chi connectivity index (χ0v) is 19.2. The lowest BCUT2D eigenvalue weighted by Crippen LogP contribution is -2.22. The Hall–Kier alpha value is -2.80. The number of carbonyl (C=O) groups is 1. The molecule has 0 radical (unpaired) electrons. The van der Waals surface area contributed by atoms with Crippen molar-refractivity contribution in [1.82, 2.24) is 14.8 Å². The van der Waals surface area contributed by atoms with Crippen molar-refractivity contribution in [3.8, 4) is 0 Å². The van der Waals surface area contributed by atoms with Gasteiger partial charge in [0.15, 0.2) is 0 Å². The molecule has 170 valence electrons. The van der Waals surface area contributed by atoms with Gasteiger partial charge >= 0.3 is 0 Å². The summed E-state index contributed by atoms with van der Waals surface area (Å²) < 4.78 is 16.3. The number of alkyl halides is 1. The minimum Gasteiger partial charge on any atom is -0.386 e. The molecule has 7 heteroatoms. The van der Waals surface area contributed by atoms with Gasteiger partial charge in [0.2, 0.25) is 0 Å². The van der Waals surface area contributed by atoms with Crippen molar-refractivity contribution in [1.29, 1.82) is 0 Å². The minimum atomic E-state index is -1.65. The molecule has 1 aliphatic carbocycles. The van der Waals surface area contributed by atoms with Crippen molar-refractivity contribution < 1.29 is 14.3 Å². The lowest BCUT2D eigenvalue weighted by Gasteiger charge is -2.22. The first kappa shape index (κ1) is 22.4. The van der Waals surface area contributed by atoms with E-state index in [2.05, 4.69) is 10.3 Å². The first-order valence-electron chi connectivity index (χ1n) is 11.3. The maximum atomic E-state index is 14.3. The third kappa shape index (κ3) is 4.67. The summed E-state index contributed by atoms with van der Waals surface area (Å²) in [4.78, 5) is 17.2. The van der Waals surface area contributed by atoms with Crippen LogP contribution in [-0.2, 0) is 11.3 Å². The molecule has 0 saturated heterocycles. The fourth-order valence-electron chi connectivity index (χ4n) is 4.31. The van der Waals surface area contributed by atoms with E-state index in [0.717, 1.165) is 23.7 Å². The van der Waals surface area contributed by atoms with Crippen LogP contribution in [0.15, 0.2) is 36.5 Å². The van der Waals surface area contributed by atoms with Crippen molar-refractivity contribution in [3.05, 3.63) is 53.5 Å². The molecule has 1 aromatic carbocycles. The molecule has 2 N–H and O–H groups in total. The van der Waals surface area contributed by atoms with E-state index in [1.54, 1.807) is 32.0 Å². The molecule has 0 bridgehead atoms. The Bertz CT molecular complexity index is 1140. The van der Waals surface area contributed by atoms with Crippen LogP contribution in [0.4, 0.5) is 10.1 Å². The summed E-state index contributed by atoms with van der Waals surface area (Å²) >= 11 is 0. The van der Waals surface area contributed by atoms with Crippen molar-refractivity contribution in [2.75, 3.05) is 5.32 Å². The molecule has 0 atom stereocenters. The number of hydrogen-bond acceptors (Lipinski definition) is 4. The minimum absolute atomic E-state index is 0.118. The Morgan fingerprint density at radius 2 is 1.88 bits per heavy atom. The lowest BCUT2D eigenvalue weighted by molar-refractivity contribution is 0.0793. The highest BCUT2D eigenvalue weighted by Crippen LogP contribution is 2.34. The van der Waals surface area contributed by atoms with Crippen LogP contribution in [0, 0.1) is 0 Å². The summed E-state index contributed by atoms with van der Waals surface area (Å²) in [6, 6.07) is 8.79. The Labute approximate surface area is 187 Å². The van der Waals surface area contributed by atoms with Crippen LogP contribution >= 0.6 is 0 Å². The first-order chi connectivity index (χ1) is 15.0. The van der Waals surface area contributed by atoms with E-state index in [-0.39, 0.29) is 11.4 Å². The number of anilines is 1. The third-order valence-corrected chi connectivity index (χ3v) is 6.11. The molecule has 0 aliphatic heterocycles. The number of nitrogens with one attached hydrogen (secondary N) is 1. The topological polar surface area (TPSA) is 80.0 Å². The molecule has 2 heterocycles. The van der Waals surface area contributed by atoms with Gasteiger partial charge in [-0.25, -0.2) is 9.37 Å². The van der Waals surface area contributed by atoms with Gasteiger partial charge in [-0.05, 0) is 64.8 Å². The number of hydrogen-bond donors (Lipinski definition) is 2. The van der Waals surface area contributed by atoms with Crippen LogP contribution in [0.5, 0.6) is 0 Å². The molecule has 1 saturated carbocycles. The second kappa shape index (κ2) is 8.28. The van der Waals surface area contributed by atoms with Gasteiger partial charge in [-0.3, -0.25) is 9.48 Å². The van der Waals surface area contributed by atoms with E-state index in [1.807, 2.05) is 23.0 Å². The summed E-state index contributed by atoms with van der Waals surface area (Å²) in [6.45, 7) is 6.15. The standard InChI is InChI=1S/C25H31FN4O2/c1-24(2,26)22-12-8-11-19(27-22)23(31)28-21-13-16-15-30(17-9-6-5-7-10-17)29-20(16)14-18(21)25(3,4)32/h8,11-15,17,32H,5-7,9-10H2,1-4H3,(H,28,31). The third-order valence-electron chi connectivity index (χ3n) is 6.11. The quantitative estimate of drug-likeness (QED) is 0.542. The summed E-state index contributed by atoms with van der Waals surface area (Å²) in [5.74, 6) is -0.458. The smallest absolute Gasteiger partial charge is 0.274 e. The molecule has 0 spiro atoms. The van der Waals surface area contributed by atoms with E-state index in [4.69, 9.17) is 5.10 Å². The zero-order valence-electron chi connectivity index (χ0n) is 19.2. The van der Waals surface area contributed by atoms with Gasteiger partial charge in [0.05, 0.1) is 22.9 Å². The summed E-state index contributed by atoms with van der Waals surface area (Å²) in [7, 11) is 0. The second-order valence-corrected chi connectivity index (χ2v) is 9.75. The fraction of sp³-hybridized carbons (Fsp3) is 0.480. The molecule has 32 heavy (non-hydrogen) atoms. The van der Waals surface area contributed by atoms with Crippen LogP contribution in [0.25, 0.3) is 10.9 Å². The van der Waals surface area contributed by atoms with E-state index in [0.29, 0.717) is 17.3 Å². The van der Waals surface area contributed by atoms with Crippen molar-refractivity contribution in [3.63, 3.8) is 0 Å². The predicted molar refractivity (Wildman–Crippen MR) is 123 cm³/mol. The number of rotatable bonds is 5. The van der Waals surface area contributed by atoms with Gasteiger partial charge in [-0.2, -0.15) is 5.10 Å². The Morgan fingerprint density at radius 3 is 2.53 bits per heavy atom. The van der Waals surface area contributed by atoms with Crippen LogP contribution < -0.4 is 5.32 Å². The number of benzene rings is 1.